The van der Waals surface area contributed by atoms with Crippen molar-refractivity contribution in [3.63, 3.8) is 0 Å². The van der Waals surface area contributed by atoms with Crippen molar-refractivity contribution < 1.29 is 8.42 Å². The molecule has 1 aromatic carbocycles. The third kappa shape index (κ3) is 2.71. The molecule has 0 saturated carbocycles. The van der Waals surface area contributed by atoms with E-state index >= 15 is 0 Å². The van der Waals surface area contributed by atoms with Crippen LogP contribution in [0.2, 0.25) is 0 Å². The van der Waals surface area contributed by atoms with Crippen LogP contribution >= 0.6 is 0 Å². The van der Waals surface area contributed by atoms with E-state index in [-0.39, 0.29) is 11.8 Å². The first kappa shape index (κ1) is 14.2. The number of rotatable bonds is 4. The largest absolute Gasteiger partial charge is 0.317 e. The minimum absolute atomic E-state index is 0.0340. The molecule has 0 saturated heterocycles. The van der Waals surface area contributed by atoms with Crippen LogP contribution in [0, 0.1) is 0 Å². The molecule has 0 aliphatic carbocycles. The van der Waals surface area contributed by atoms with Crippen molar-refractivity contribution in [2.45, 2.75) is 37.4 Å². The van der Waals surface area contributed by atoms with Crippen molar-refractivity contribution in [2.24, 2.45) is 0 Å². The highest BCUT2D eigenvalue weighted by Gasteiger charge is 2.29. The number of fused-ring (bicyclic) bond motifs is 1. The Kier molecular flexibility index (Phi) is 3.77. The van der Waals surface area contributed by atoms with E-state index in [2.05, 4.69) is 15.5 Å². The number of benzene rings is 1. The normalized spacial score (nSPS) is 20.1. The Labute approximate surface area is 124 Å². The van der Waals surface area contributed by atoms with Crippen LogP contribution in [-0.2, 0) is 22.9 Å². The molecule has 112 valence electrons. The minimum Gasteiger partial charge on any atom is -0.317 e. The molecule has 1 N–H and O–H groups in total. The van der Waals surface area contributed by atoms with Gasteiger partial charge in [-0.05, 0) is 25.0 Å². The predicted octanol–water partition coefficient (Wildman–Crippen LogP) is 1.31. The summed E-state index contributed by atoms with van der Waals surface area (Å²) < 4.78 is 26.2. The molecule has 7 heteroatoms. The van der Waals surface area contributed by atoms with Gasteiger partial charge in [-0.2, -0.15) is 0 Å². The Morgan fingerprint density at radius 2 is 2.19 bits per heavy atom. The Bertz CT molecular complexity index is 739. The van der Waals surface area contributed by atoms with Crippen molar-refractivity contribution in [3.8, 4) is 0 Å². The zero-order chi connectivity index (χ0) is 14.9. The van der Waals surface area contributed by atoms with Crippen LogP contribution in [-0.4, -0.2) is 28.9 Å². The van der Waals surface area contributed by atoms with Gasteiger partial charge in [0.2, 0.25) is 0 Å². The number of aromatic nitrogens is 3. The minimum atomic E-state index is -3.13. The smallest absolute Gasteiger partial charge is 0.178 e. The molecule has 1 aromatic heterocycles. The van der Waals surface area contributed by atoms with Gasteiger partial charge in [0.1, 0.15) is 12.2 Å². The molecule has 21 heavy (non-hydrogen) atoms. The molecule has 0 spiro atoms. The zero-order valence-electron chi connectivity index (χ0n) is 11.9. The first-order valence-corrected chi connectivity index (χ1v) is 8.69. The molecule has 0 radical (unpaired) electrons. The molecule has 3 rings (SSSR count). The summed E-state index contributed by atoms with van der Waals surface area (Å²) in [7, 11) is -3.13. The molecule has 1 unspecified atom stereocenters. The van der Waals surface area contributed by atoms with Crippen molar-refractivity contribution in [1.29, 1.82) is 0 Å². The quantitative estimate of drug-likeness (QED) is 0.921. The second-order valence-corrected chi connectivity index (χ2v) is 7.19. The molecule has 6 nitrogen and oxygen atoms in total. The fraction of sp³-hybridized carbons (Fsp3) is 0.429. The van der Waals surface area contributed by atoms with Gasteiger partial charge in [-0.15, -0.1) is 10.2 Å². The van der Waals surface area contributed by atoms with Crippen LogP contribution in [0.4, 0.5) is 0 Å². The van der Waals surface area contributed by atoms with E-state index in [1.807, 2.05) is 23.6 Å². The number of nitrogens with zero attached hydrogens (tertiary/aromatic N) is 3. The molecule has 2 heterocycles. The van der Waals surface area contributed by atoms with Gasteiger partial charge in [-0.3, -0.25) is 0 Å². The maximum atomic E-state index is 12.1. The molecule has 0 fully saturated rings. The maximum Gasteiger partial charge on any atom is 0.178 e. The van der Waals surface area contributed by atoms with Gasteiger partial charge in [-0.1, -0.05) is 18.2 Å². The number of hydrogen-bond donors (Lipinski definition) is 1. The summed E-state index contributed by atoms with van der Waals surface area (Å²) >= 11 is 0. The molecule has 2 aromatic rings. The van der Waals surface area contributed by atoms with Crippen LogP contribution in [0.1, 0.15) is 30.8 Å². The van der Waals surface area contributed by atoms with E-state index in [4.69, 9.17) is 0 Å². The van der Waals surface area contributed by atoms with Gasteiger partial charge < -0.3 is 9.88 Å². The number of aryl methyl sites for hydroxylation is 1. The fourth-order valence-electron chi connectivity index (χ4n) is 2.70. The average Bonchev–Trinajstić information content (AvgIpc) is 2.94. The Hall–Kier alpha value is -1.73. The Morgan fingerprint density at radius 3 is 3.00 bits per heavy atom. The maximum absolute atomic E-state index is 12.1. The highest BCUT2D eigenvalue weighted by Crippen LogP contribution is 2.31. The lowest BCUT2D eigenvalue weighted by Crippen LogP contribution is -2.30. The van der Waals surface area contributed by atoms with Gasteiger partial charge in [0, 0.05) is 12.6 Å². The molecule has 0 amide bonds. The summed E-state index contributed by atoms with van der Waals surface area (Å²) in [5.41, 5.74) is 0.853. The van der Waals surface area contributed by atoms with Crippen LogP contribution in [0.15, 0.2) is 35.5 Å². The highest BCUT2D eigenvalue weighted by atomic mass is 32.2. The first-order chi connectivity index (χ1) is 10.1. The van der Waals surface area contributed by atoms with Gasteiger partial charge in [-0.25, -0.2) is 8.42 Å². The van der Waals surface area contributed by atoms with Crippen LogP contribution in [0.25, 0.3) is 0 Å². The molecule has 1 atom stereocenters. The van der Waals surface area contributed by atoms with Gasteiger partial charge in [0.05, 0.1) is 17.2 Å². The SMILES string of the molecule is CCn1cnnc1CNC1CCS(=O)(=O)c2ccccc21. The third-order valence-corrected chi connectivity index (χ3v) is 5.66. The highest BCUT2D eigenvalue weighted by molar-refractivity contribution is 7.91. The van der Waals surface area contributed by atoms with E-state index in [0.717, 1.165) is 17.9 Å². The topological polar surface area (TPSA) is 76.9 Å². The van der Waals surface area contributed by atoms with Crippen LogP contribution in [0.3, 0.4) is 0 Å². The summed E-state index contributed by atoms with van der Waals surface area (Å²) in [6.45, 7) is 3.43. The summed E-state index contributed by atoms with van der Waals surface area (Å²) in [6.07, 6.45) is 2.29. The van der Waals surface area contributed by atoms with Crippen molar-refractivity contribution in [1.82, 2.24) is 20.1 Å². The van der Waals surface area contributed by atoms with Crippen molar-refractivity contribution in [2.75, 3.05) is 5.75 Å². The first-order valence-electron chi connectivity index (χ1n) is 7.03. The lowest BCUT2D eigenvalue weighted by atomic mass is 10.0. The van der Waals surface area contributed by atoms with Crippen LogP contribution < -0.4 is 5.32 Å². The Morgan fingerprint density at radius 1 is 1.38 bits per heavy atom. The number of sulfone groups is 1. The van der Waals surface area contributed by atoms with E-state index in [1.54, 1.807) is 18.5 Å². The lowest BCUT2D eigenvalue weighted by Gasteiger charge is -2.26. The second-order valence-electron chi connectivity index (χ2n) is 5.11. The summed E-state index contributed by atoms with van der Waals surface area (Å²) in [6, 6.07) is 7.25. The monoisotopic (exact) mass is 306 g/mol. The standard InChI is InChI=1S/C14H18N4O2S/c1-2-18-10-16-17-14(18)9-15-12-7-8-21(19,20)13-6-4-3-5-11(12)13/h3-6,10,12,15H,2,7-9H2,1H3. The molecule has 0 bridgehead atoms. The molecule has 1 aliphatic rings. The Balaban J connectivity index is 1.81. The summed E-state index contributed by atoms with van der Waals surface area (Å²) in [5.74, 6) is 1.05. The van der Waals surface area contributed by atoms with Crippen LogP contribution in [0.5, 0.6) is 0 Å². The predicted molar refractivity (Wildman–Crippen MR) is 78.4 cm³/mol. The van der Waals surface area contributed by atoms with E-state index in [1.165, 1.54) is 0 Å². The lowest BCUT2D eigenvalue weighted by molar-refractivity contribution is 0.476. The second kappa shape index (κ2) is 5.57. The number of hydrogen-bond acceptors (Lipinski definition) is 5. The van der Waals surface area contributed by atoms with E-state index in [0.29, 0.717) is 17.9 Å². The average molecular weight is 306 g/mol. The summed E-state index contributed by atoms with van der Waals surface area (Å²) in [4.78, 5) is 0.450. The van der Waals surface area contributed by atoms with E-state index in [9.17, 15) is 8.42 Å². The number of nitrogens with one attached hydrogen (secondary N) is 1. The molecule has 1 aliphatic heterocycles. The fourth-order valence-corrected chi connectivity index (χ4v) is 4.32. The zero-order valence-corrected chi connectivity index (χ0v) is 12.7. The molecular weight excluding hydrogens is 288 g/mol. The van der Waals surface area contributed by atoms with E-state index < -0.39 is 9.84 Å². The van der Waals surface area contributed by atoms with Crippen molar-refractivity contribution >= 4 is 9.84 Å². The third-order valence-electron chi connectivity index (χ3n) is 3.85. The van der Waals surface area contributed by atoms with Gasteiger partial charge in [0.15, 0.2) is 9.84 Å². The van der Waals surface area contributed by atoms with Gasteiger partial charge >= 0.3 is 0 Å². The van der Waals surface area contributed by atoms with Crippen molar-refractivity contribution in [3.05, 3.63) is 42.0 Å². The molecular formula is C14H18N4O2S. The van der Waals surface area contributed by atoms with Gasteiger partial charge in [0.25, 0.3) is 0 Å². The summed E-state index contributed by atoms with van der Waals surface area (Å²) in [5, 5.41) is 11.4.